The van der Waals surface area contributed by atoms with Crippen molar-refractivity contribution in [1.82, 2.24) is 8.61 Å². The predicted molar refractivity (Wildman–Crippen MR) is 60.3 cm³/mol. The largest absolute Gasteiger partial charge is 0.276 e. The summed E-state index contributed by atoms with van der Waals surface area (Å²) in [4.78, 5) is 0. The maximum atomic E-state index is 11.8. The van der Waals surface area contributed by atoms with Crippen LogP contribution in [0.15, 0.2) is 0 Å². The van der Waals surface area contributed by atoms with E-state index >= 15 is 0 Å². The summed E-state index contributed by atoms with van der Waals surface area (Å²) >= 11 is 0. The molecule has 0 atom stereocenters. The second-order valence-electron chi connectivity index (χ2n) is 3.94. The summed E-state index contributed by atoms with van der Waals surface area (Å²) < 4.78 is 47.9. The van der Waals surface area contributed by atoms with E-state index in [1.807, 2.05) is 0 Å². The van der Waals surface area contributed by atoms with Gasteiger partial charge in [-0.1, -0.05) is 0 Å². The van der Waals surface area contributed by atoms with Gasteiger partial charge >= 0.3 is 0 Å². The maximum absolute atomic E-state index is 11.8. The molecule has 0 spiro atoms. The van der Waals surface area contributed by atoms with Crippen molar-refractivity contribution in [1.29, 1.82) is 0 Å². The smallest absolute Gasteiger partial charge is 0.216 e. The Morgan fingerprint density at radius 1 is 0.938 bits per heavy atom. The molecule has 1 aliphatic rings. The summed E-state index contributed by atoms with van der Waals surface area (Å²) in [5, 5.41) is 4.46. The van der Waals surface area contributed by atoms with Crippen molar-refractivity contribution in [3.05, 3.63) is 0 Å². The third-order valence-electron chi connectivity index (χ3n) is 2.51. The summed E-state index contributed by atoms with van der Waals surface area (Å²) in [6, 6.07) is 0. The zero-order chi connectivity index (χ0) is 12.6. The van der Waals surface area contributed by atoms with Crippen molar-refractivity contribution in [2.75, 3.05) is 26.2 Å². The molecule has 0 aromatic rings. The van der Waals surface area contributed by atoms with Crippen molar-refractivity contribution in [2.45, 2.75) is 19.1 Å². The van der Waals surface area contributed by atoms with Gasteiger partial charge in [-0.15, -0.1) is 0 Å². The van der Waals surface area contributed by atoms with Crippen molar-refractivity contribution >= 4 is 20.2 Å². The van der Waals surface area contributed by atoms with Crippen LogP contribution < -0.4 is 5.14 Å². The van der Waals surface area contributed by atoms with Crippen LogP contribution >= 0.6 is 0 Å². The van der Waals surface area contributed by atoms with Crippen LogP contribution in [0.5, 0.6) is 0 Å². The molecule has 0 aromatic heterocycles. The van der Waals surface area contributed by atoms with Gasteiger partial charge in [0.05, 0.1) is 5.25 Å². The van der Waals surface area contributed by atoms with E-state index < -0.39 is 25.5 Å². The van der Waals surface area contributed by atoms with E-state index in [9.17, 15) is 16.8 Å². The molecular weight excluding hydrogens is 254 g/mol. The third kappa shape index (κ3) is 2.92. The molecule has 1 rings (SSSR count). The Hall–Kier alpha value is -0.220. The molecule has 0 aliphatic carbocycles. The minimum Gasteiger partial charge on any atom is -0.216 e. The number of hydrogen-bond acceptors (Lipinski definition) is 4. The van der Waals surface area contributed by atoms with E-state index in [0.29, 0.717) is 0 Å². The molecule has 16 heavy (non-hydrogen) atoms. The van der Waals surface area contributed by atoms with E-state index in [1.165, 1.54) is 4.31 Å². The Morgan fingerprint density at radius 3 is 1.62 bits per heavy atom. The molecule has 0 bridgehead atoms. The molecule has 7 nitrogen and oxygen atoms in total. The van der Waals surface area contributed by atoms with Crippen LogP contribution in [0.4, 0.5) is 0 Å². The number of piperazine rings is 1. The fraction of sp³-hybridized carbons (Fsp3) is 1.00. The van der Waals surface area contributed by atoms with Crippen molar-refractivity contribution in [3.8, 4) is 0 Å². The number of nitrogens with two attached hydrogens (primary N) is 1. The molecule has 2 N–H and O–H groups in total. The van der Waals surface area contributed by atoms with Crippen LogP contribution in [0, 0.1) is 0 Å². The van der Waals surface area contributed by atoms with E-state index in [-0.39, 0.29) is 26.2 Å². The van der Waals surface area contributed by atoms with Crippen LogP contribution in [0.25, 0.3) is 0 Å². The molecular formula is C7H17N3O4S2. The molecule has 0 saturated carbocycles. The number of nitrogens with zero attached hydrogens (tertiary/aromatic N) is 2. The van der Waals surface area contributed by atoms with Gasteiger partial charge in [0, 0.05) is 26.2 Å². The summed E-state index contributed by atoms with van der Waals surface area (Å²) in [5.74, 6) is 0. The van der Waals surface area contributed by atoms with E-state index in [2.05, 4.69) is 0 Å². The lowest BCUT2D eigenvalue weighted by Gasteiger charge is -2.33. The molecule has 0 radical (unpaired) electrons. The molecule has 1 saturated heterocycles. The standard InChI is InChI=1S/C7H17N3O4S2/c1-7(2)15(11,12)9-3-5-10(6-4-9)16(8,13)14/h7H,3-6H2,1-2H3,(H2,8,13,14). The SMILES string of the molecule is CC(C)S(=O)(=O)N1CCN(S(N)(=O)=O)CC1. The Bertz CT molecular complexity index is 434. The first-order valence-electron chi connectivity index (χ1n) is 4.92. The maximum Gasteiger partial charge on any atom is 0.276 e. The van der Waals surface area contributed by atoms with Crippen LogP contribution in [0.3, 0.4) is 0 Å². The zero-order valence-corrected chi connectivity index (χ0v) is 11.0. The Morgan fingerprint density at radius 2 is 1.31 bits per heavy atom. The quantitative estimate of drug-likeness (QED) is 0.678. The topological polar surface area (TPSA) is 101 Å². The van der Waals surface area contributed by atoms with E-state index in [1.54, 1.807) is 13.8 Å². The second-order valence-corrected chi connectivity index (χ2v) is 7.97. The summed E-state index contributed by atoms with van der Waals surface area (Å²) in [7, 11) is -7.00. The molecule has 9 heteroatoms. The first kappa shape index (κ1) is 13.8. The molecule has 1 heterocycles. The lowest BCUT2D eigenvalue weighted by Crippen LogP contribution is -2.53. The van der Waals surface area contributed by atoms with Crippen molar-refractivity contribution < 1.29 is 16.8 Å². The van der Waals surface area contributed by atoms with E-state index in [4.69, 9.17) is 5.14 Å². The monoisotopic (exact) mass is 271 g/mol. The summed E-state index contributed by atoms with van der Waals surface area (Å²) in [6.45, 7) is 3.76. The van der Waals surface area contributed by atoms with Gasteiger partial charge in [-0.3, -0.25) is 0 Å². The molecule has 96 valence electrons. The fourth-order valence-electron chi connectivity index (χ4n) is 1.48. The third-order valence-corrected chi connectivity index (χ3v) is 5.87. The van der Waals surface area contributed by atoms with Gasteiger partial charge in [0.15, 0.2) is 0 Å². The number of hydrogen-bond donors (Lipinski definition) is 1. The van der Waals surface area contributed by atoms with Gasteiger partial charge in [0.2, 0.25) is 10.0 Å². The Balaban J connectivity index is 2.70. The van der Waals surface area contributed by atoms with Gasteiger partial charge in [0.1, 0.15) is 0 Å². The fourth-order valence-corrected chi connectivity index (χ4v) is 3.42. The van der Waals surface area contributed by atoms with Crippen LogP contribution in [0.2, 0.25) is 0 Å². The number of rotatable bonds is 3. The van der Waals surface area contributed by atoms with Crippen LogP contribution in [-0.2, 0) is 20.2 Å². The molecule has 1 fully saturated rings. The molecule has 0 aromatic carbocycles. The average Bonchev–Trinajstić information content (AvgIpc) is 2.16. The summed E-state index contributed by atoms with van der Waals surface area (Å²) in [5.41, 5.74) is 0. The van der Waals surface area contributed by atoms with Crippen LogP contribution in [0.1, 0.15) is 13.8 Å². The van der Waals surface area contributed by atoms with Gasteiger partial charge in [0.25, 0.3) is 10.2 Å². The van der Waals surface area contributed by atoms with E-state index in [0.717, 1.165) is 4.31 Å². The van der Waals surface area contributed by atoms with Crippen molar-refractivity contribution in [3.63, 3.8) is 0 Å². The number of sulfonamides is 1. The highest BCUT2D eigenvalue weighted by Gasteiger charge is 2.31. The highest BCUT2D eigenvalue weighted by Crippen LogP contribution is 2.13. The lowest BCUT2D eigenvalue weighted by atomic mass is 10.4. The van der Waals surface area contributed by atoms with Gasteiger partial charge in [-0.2, -0.15) is 17.0 Å². The normalized spacial score (nSPS) is 21.5. The van der Waals surface area contributed by atoms with Gasteiger partial charge in [-0.25, -0.2) is 13.6 Å². The van der Waals surface area contributed by atoms with Crippen LogP contribution in [-0.4, -0.2) is 56.9 Å². The second kappa shape index (κ2) is 4.57. The molecule has 0 unspecified atom stereocenters. The lowest BCUT2D eigenvalue weighted by molar-refractivity contribution is 0.271. The minimum absolute atomic E-state index is 0.116. The highest BCUT2D eigenvalue weighted by atomic mass is 32.2. The minimum atomic E-state index is -3.70. The first-order chi connectivity index (χ1) is 7.15. The highest BCUT2D eigenvalue weighted by molar-refractivity contribution is 7.89. The van der Waals surface area contributed by atoms with Gasteiger partial charge < -0.3 is 0 Å². The zero-order valence-electron chi connectivity index (χ0n) is 9.33. The molecule has 0 amide bonds. The average molecular weight is 271 g/mol. The van der Waals surface area contributed by atoms with Crippen molar-refractivity contribution in [2.24, 2.45) is 5.14 Å². The first-order valence-corrected chi connectivity index (χ1v) is 7.93. The summed E-state index contributed by atoms with van der Waals surface area (Å²) in [6.07, 6.45) is 0. The predicted octanol–water partition coefficient (Wildman–Crippen LogP) is -1.45. The Kier molecular flexibility index (Phi) is 3.95. The van der Waals surface area contributed by atoms with Gasteiger partial charge in [-0.05, 0) is 13.8 Å². The Labute approximate surface area is 96.4 Å². The molecule has 1 aliphatic heterocycles.